The van der Waals surface area contributed by atoms with Gasteiger partial charge >= 0.3 is 0 Å². The van der Waals surface area contributed by atoms with Crippen molar-refractivity contribution < 1.29 is 0 Å². The minimum atomic E-state index is -0.428. The van der Waals surface area contributed by atoms with E-state index in [1.807, 2.05) is 11.8 Å². The maximum Gasteiger partial charge on any atom is 0.0880 e. The van der Waals surface area contributed by atoms with E-state index >= 15 is 0 Å². The fourth-order valence-electron chi connectivity index (χ4n) is 11.0. The molecule has 0 spiro atoms. The third-order valence-electron chi connectivity index (χ3n) is 14.0. The lowest BCUT2D eigenvalue weighted by atomic mass is 9.68. The minimum Gasteiger partial charge on any atom is -0.328 e. The molecule has 2 heterocycles. The molecule has 0 fully saturated rings. The van der Waals surface area contributed by atoms with Crippen molar-refractivity contribution in [3.8, 4) is 27.9 Å². The van der Waals surface area contributed by atoms with E-state index in [0.29, 0.717) is 0 Å². The van der Waals surface area contributed by atoms with E-state index in [9.17, 15) is 0 Å². The molecule has 1 aliphatic carbocycles. The molecule has 0 amide bonds. The first-order valence-corrected chi connectivity index (χ1v) is 23.8. The van der Waals surface area contributed by atoms with E-state index in [2.05, 4.69) is 258 Å². The molecule has 1 unspecified atom stereocenters. The SMILES string of the molecule is C1=C(c2ccccc2)SC(N(c2ccc(-c3ccc4c(c3)c3ccccc3n4-c3ccc4c(c3)-c3ccccc3C4(c3ccccc3)c3ccccc3)cc2)c2ccc3ccccc3c2)C1. The summed E-state index contributed by atoms with van der Waals surface area (Å²) in [7, 11) is 0. The molecule has 3 heteroatoms. The van der Waals surface area contributed by atoms with Gasteiger partial charge in [0, 0.05) is 32.7 Å². The number of thioether (sulfide) groups is 1. The molecule has 13 rings (SSSR count). The molecule has 10 aromatic carbocycles. The van der Waals surface area contributed by atoms with Crippen LogP contribution in [0.15, 0.2) is 249 Å². The molecule has 0 saturated heterocycles. The quantitative estimate of drug-likeness (QED) is 0.150. The Morgan fingerprint density at radius 2 is 1.05 bits per heavy atom. The predicted molar refractivity (Wildman–Crippen MR) is 280 cm³/mol. The first-order valence-electron chi connectivity index (χ1n) is 22.9. The third-order valence-corrected chi connectivity index (χ3v) is 15.3. The van der Waals surface area contributed by atoms with E-state index in [-0.39, 0.29) is 5.37 Å². The van der Waals surface area contributed by atoms with Gasteiger partial charge in [-0.05, 0) is 122 Å². The van der Waals surface area contributed by atoms with Crippen LogP contribution in [0.2, 0.25) is 0 Å². The van der Waals surface area contributed by atoms with Gasteiger partial charge in [-0.15, -0.1) is 11.8 Å². The summed E-state index contributed by atoms with van der Waals surface area (Å²) in [6.07, 6.45) is 3.37. The molecule has 1 aromatic heterocycles. The van der Waals surface area contributed by atoms with Gasteiger partial charge in [0.15, 0.2) is 0 Å². The molecule has 11 aromatic rings. The monoisotopic (exact) mass is 860 g/mol. The fraction of sp³-hybridized carbons (Fsp3) is 0.0476. The summed E-state index contributed by atoms with van der Waals surface area (Å²) >= 11 is 1.96. The number of aromatic nitrogens is 1. The van der Waals surface area contributed by atoms with Crippen molar-refractivity contribution in [3.63, 3.8) is 0 Å². The normalized spacial score (nSPS) is 14.9. The first kappa shape index (κ1) is 38.6. The van der Waals surface area contributed by atoms with E-state index in [1.165, 1.54) is 98.9 Å². The Bertz CT molecular complexity index is 3610. The Morgan fingerprint density at radius 3 is 1.83 bits per heavy atom. The second-order valence-corrected chi connectivity index (χ2v) is 18.8. The van der Waals surface area contributed by atoms with Crippen LogP contribution in [0.3, 0.4) is 0 Å². The number of fused-ring (bicyclic) bond motifs is 7. The molecule has 2 aliphatic rings. The van der Waals surface area contributed by atoms with Crippen molar-refractivity contribution >= 4 is 60.6 Å². The number of anilines is 2. The maximum atomic E-state index is 2.53. The summed E-state index contributed by atoms with van der Waals surface area (Å²) in [5, 5.41) is 5.23. The topological polar surface area (TPSA) is 8.17 Å². The smallest absolute Gasteiger partial charge is 0.0880 e. The third kappa shape index (κ3) is 6.11. The average molecular weight is 861 g/mol. The molecule has 0 radical (unpaired) electrons. The first-order chi connectivity index (χ1) is 32.7. The van der Waals surface area contributed by atoms with Crippen LogP contribution in [0, 0.1) is 0 Å². The van der Waals surface area contributed by atoms with Crippen LogP contribution in [0.5, 0.6) is 0 Å². The summed E-state index contributed by atoms with van der Waals surface area (Å²) in [5.41, 5.74) is 17.0. The average Bonchev–Trinajstić information content (AvgIpc) is 4.09. The van der Waals surface area contributed by atoms with Crippen molar-refractivity contribution in [2.45, 2.75) is 17.2 Å². The van der Waals surface area contributed by atoms with Crippen molar-refractivity contribution in [2.75, 3.05) is 4.90 Å². The lowest BCUT2D eigenvalue weighted by Crippen LogP contribution is -2.28. The highest BCUT2D eigenvalue weighted by molar-refractivity contribution is 8.09. The van der Waals surface area contributed by atoms with Crippen LogP contribution in [0.4, 0.5) is 11.4 Å². The molecule has 0 saturated carbocycles. The van der Waals surface area contributed by atoms with Crippen molar-refractivity contribution in [1.29, 1.82) is 0 Å². The molecule has 0 bridgehead atoms. The number of hydrogen-bond donors (Lipinski definition) is 0. The zero-order valence-electron chi connectivity index (χ0n) is 36.3. The standard InChI is InChI=1S/C63H44N2S/c1-4-17-45(18-5-1)61-38-39-62(66-61)64(51-34-30-43-16-10-11-19-46(43)40-51)50-32-28-44(29-33-50)47-31-37-60-56(41-47)54-25-13-15-27-59(54)65(60)52-35-36-58-55(42-52)53-24-12-14-26-57(53)63(58,48-20-6-2-7-21-48)49-22-8-3-9-23-49/h1-38,40-42,62H,39H2. The van der Waals surface area contributed by atoms with Crippen LogP contribution in [0.1, 0.15) is 34.2 Å². The van der Waals surface area contributed by atoms with Crippen LogP contribution in [-0.4, -0.2) is 9.94 Å². The van der Waals surface area contributed by atoms with E-state index in [0.717, 1.165) is 12.1 Å². The summed E-state index contributed by atoms with van der Waals surface area (Å²) in [5.74, 6) is 0. The van der Waals surface area contributed by atoms with Crippen molar-refractivity contribution in [2.24, 2.45) is 0 Å². The number of para-hydroxylation sites is 1. The highest BCUT2D eigenvalue weighted by Gasteiger charge is 2.46. The van der Waals surface area contributed by atoms with Gasteiger partial charge in [-0.2, -0.15) is 0 Å². The van der Waals surface area contributed by atoms with Gasteiger partial charge in [0.2, 0.25) is 0 Å². The zero-order chi connectivity index (χ0) is 43.6. The van der Waals surface area contributed by atoms with Gasteiger partial charge in [-0.3, -0.25) is 0 Å². The second-order valence-electron chi connectivity index (χ2n) is 17.5. The Kier molecular flexibility index (Phi) is 9.18. The highest BCUT2D eigenvalue weighted by Crippen LogP contribution is 2.56. The second kappa shape index (κ2) is 15.7. The molecule has 0 N–H and O–H groups in total. The van der Waals surface area contributed by atoms with Gasteiger partial charge in [0.1, 0.15) is 0 Å². The van der Waals surface area contributed by atoms with Crippen molar-refractivity contribution in [1.82, 2.24) is 4.57 Å². The fourth-order valence-corrected chi connectivity index (χ4v) is 12.3. The summed E-state index contributed by atoms with van der Waals surface area (Å²) in [6, 6.07) is 89.7. The summed E-state index contributed by atoms with van der Waals surface area (Å²) in [4.78, 5) is 3.87. The predicted octanol–water partition coefficient (Wildman–Crippen LogP) is 16.6. The van der Waals surface area contributed by atoms with Gasteiger partial charge < -0.3 is 9.47 Å². The Labute approximate surface area is 389 Å². The van der Waals surface area contributed by atoms with E-state index < -0.39 is 5.41 Å². The Hall–Kier alpha value is -7.85. The Morgan fingerprint density at radius 1 is 0.424 bits per heavy atom. The van der Waals surface area contributed by atoms with Crippen LogP contribution < -0.4 is 4.90 Å². The van der Waals surface area contributed by atoms with Crippen LogP contribution >= 0.6 is 11.8 Å². The lowest BCUT2D eigenvalue weighted by Gasteiger charge is -2.33. The highest BCUT2D eigenvalue weighted by atomic mass is 32.2. The Balaban J connectivity index is 0.896. The maximum absolute atomic E-state index is 2.53. The molecule has 312 valence electrons. The summed E-state index contributed by atoms with van der Waals surface area (Å²) in [6.45, 7) is 0. The van der Waals surface area contributed by atoms with Gasteiger partial charge in [0.25, 0.3) is 0 Å². The molecular weight excluding hydrogens is 817 g/mol. The van der Waals surface area contributed by atoms with E-state index in [1.54, 1.807) is 0 Å². The van der Waals surface area contributed by atoms with Crippen LogP contribution in [0.25, 0.3) is 65.4 Å². The molecule has 1 atom stereocenters. The number of nitrogens with zero attached hydrogens (tertiary/aromatic N) is 2. The molecule has 66 heavy (non-hydrogen) atoms. The molecule has 2 nitrogen and oxygen atoms in total. The summed E-state index contributed by atoms with van der Waals surface area (Å²) < 4.78 is 2.46. The molecular formula is C63H44N2S. The lowest BCUT2D eigenvalue weighted by molar-refractivity contribution is 0.768. The van der Waals surface area contributed by atoms with E-state index in [4.69, 9.17) is 0 Å². The van der Waals surface area contributed by atoms with Crippen LogP contribution in [-0.2, 0) is 5.41 Å². The van der Waals surface area contributed by atoms with Gasteiger partial charge in [-0.1, -0.05) is 194 Å². The number of hydrogen-bond acceptors (Lipinski definition) is 2. The molecule has 1 aliphatic heterocycles. The number of benzene rings is 10. The van der Waals surface area contributed by atoms with Gasteiger partial charge in [0.05, 0.1) is 21.8 Å². The number of rotatable bonds is 8. The van der Waals surface area contributed by atoms with Crippen molar-refractivity contribution in [3.05, 3.63) is 277 Å². The zero-order valence-corrected chi connectivity index (χ0v) is 37.1. The largest absolute Gasteiger partial charge is 0.328 e. The minimum absolute atomic E-state index is 0.232. The van der Waals surface area contributed by atoms with Gasteiger partial charge in [-0.25, -0.2) is 0 Å².